The van der Waals surface area contributed by atoms with Gasteiger partial charge in [-0.15, -0.1) is 11.3 Å². The van der Waals surface area contributed by atoms with E-state index >= 15 is 0 Å². The molecule has 0 fully saturated rings. The largest absolute Gasteiger partial charge is 0.435 e. The van der Waals surface area contributed by atoms with Crippen molar-refractivity contribution in [3.05, 3.63) is 59.7 Å². The van der Waals surface area contributed by atoms with Gasteiger partial charge in [0.1, 0.15) is 5.75 Å². The number of pyridine rings is 1. The number of hydrogen-bond donors (Lipinski definition) is 1. The van der Waals surface area contributed by atoms with Crippen LogP contribution in [-0.4, -0.2) is 22.5 Å². The zero-order chi connectivity index (χ0) is 17.6. The van der Waals surface area contributed by atoms with Crippen LogP contribution in [0.15, 0.2) is 54.2 Å². The van der Waals surface area contributed by atoms with Crippen molar-refractivity contribution in [1.29, 1.82) is 0 Å². The van der Waals surface area contributed by atoms with E-state index in [-0.39, 0.29) is 18.1 Å². The Morgan fingerprint density at radius 2 is 2.04 bits per heavy atom. The fourth-order valence-electron chi connectivity index (χ4n) is 2.12. The summed E-state index contributed by atoms with van der Waals surface area (Å²) >= 11 is 1.32. The summed E-state index contributed by atoms with van der Waals surface area (Å²) in [6.45, 7) is -2.87. The van der Waals surface area contributed by atoms with Gasteiger partial charge < -0.3 is 10.1 Å². The second kappa shape index (κ2) is 7.80. The summed E-state index contributed by atoms with van der Waals surface area (Å²) in [4.78, 5) is 20.5. The Balaban J connectivity index is 1.58. The van der Waals surface area contributed by atoms with Crippen molar-refractivity contribution in [2.75, 3.05) is 5.32 Å². The third-order valence-electron chi connectivity index (χ3n) is 3.22. The summed E-state index contributed by atoms with van der Waals surface area (Å²) in [6, 6.07) is 9.64. The maximum Gasteiger partial charge on any atom is 0.387 e. The summed E-state index contributed by atoms with van der Waals surface area (Å²) in [6.07, 6.45) is 3.48. The van der Waals surface area contributed by atoms with Crippen LogP contribution in [-0.2, 0) is 11.2 Å². The molecule has 2 heterocycles. The van der Waals surface area contributed by atoms with Crippen molar-refractivity contribution in [2.45, 2.75) is 13.0 Å². The maximum absolute atomic E-state index is 12.1. The van der Waals surface area contributed by atoms with Crippen LogP contribution in [0.2, 0.25) is 0 Å². The molecule has 0 bridgehead atoms. The number of nitrogens with one attached hydrogen (secondary N) is 1. The Bertz CT molecular complexity index is 839. The number of aromatic nitrogens is 2. The molecule has 1 N–H and O–H groups in total. The zero-order valence-electron chi connectivity index (χ0n) is 12.9. The van der Waals surface area contributed by atoms with Gasteiger partial charge >= 0.3 is 6.61 Å². The van der Waals surface area contributed by atoms with E-state index in [0.717, 1.165) is 11.3 Å². The standard InChI is InChI=1S/C17H13F2N3O2S/c18-16(19)24-13-5-3-11(4-6-13)8-15(23)22-17-21-14(10-25-17)12-2-1-7-20-9-12/h1-7,9-10,16H,8H2,(H,21,22,23). The predicted octanol–water partition coefficient (Wildman–Crippen LogP) is 3.99. The average Bonchev–Trinajstić information content (AvgIpc) is 3.05. The number of anilines is 1. The van der Waals surface area contributed by atoms with E-state index in [1.165, 1.54) is 23.5 Å². The zero-order valence-corrected chi connectivity index (χ0v) is 13.7. The van der Waals surface area contributed by atoms with Crippen LogP contribution in [0.3, 0.4) is 0 Å². The molecule has 0 aliphatic carbocycles. The van der Waals surface area contributed by atoms with Crippen LogP contribution < -0.4 is 10.1 Å². The number of thiazole rings is 1. The number of amides is 1. The summed E-state index contributed by atoms with van der Waals surface area (Å²) in [5.74, 6) is -0.185. The fourth-order valence-corrected chi connectivity index (χ4v) is 2.85. The quantitative estimate of drug-likeness (QED) is 0.721. The van der Waals surface area contributed by atoms with Gasteiger partial charge in [0, 0.05) is 23.3 Å². The Morgan fingerprint density at radius 1 is 1.24 bits per heavy atom. The van der Waals surface area contributed by atoms with E-state index in [4.69, 9.17) is 0 Å². The van der Waals surface area contributed by atoms with Gasteiger partial charge in [0.2, 0.25) is 5.91 Å². The van der Waals surface area contributed by atoms with Gasteiger partial charge in [-0.2, -0.15) is 8.78 Å². The van der Waals surface area contributed by atoms with Crippen LogP contribution >= 0.6 is 11.3 Å². The Morgan fingerprint density at radius 3 is 2.72 bits per heavy atom. The highest BCUT2D eigenvalue weighted by Crippen LogP contribution is 2.24. The molecule has 0 spiro atoms. The molecule has 25 heavy (non-hydrogen) atoms. The molecule has 5 nitrogen and oxygen atoms in total. The Hall–Kier alpha value is -2.87. The molecule has 0 atom stereocenters. The highest BCUT2D eigenvalue weighted by atomic mass is 32.1. The first-order valence-electron chi connectivity index (χ1n) is 7.29. The van der Waals surface area contributed by atoms with Gasteiger partial charge in [-0.3, -0.25) is 9.78 Å². The van der Waals surface area contributed by atoms with Crippen molar-refractivity contribution in [3.8, 4) is 17.0 Å². The molecule has 1 aromatic carbocycles. The molecule has 3 aromatic rings. The SMILES string of the molecule is O=C(Cc1ccc(OC(F)F)cc1)Nc1nc(-c2cccnc2)cs1. The number of benzene rings is 1. The fraction of sp³-hybridized carbons (Fsp3) is 0.118. The lowest BCUT2D eigenvalue weighted by molar-refractivity contribution is -0.115. The predicted molar refractivity (Wildman–Crippen MR) is 90.8 cm³/mol. The second-order valence-corrected chi connectivity index (χ2v) is 5.89. The van der Waals surface area contributed by atoms with Gasteiger partial charge in [-0.05, 0) is 29.8 Å². The van der Waals surface area contributed by atoms with E-state index < -0.39 is 6.61 Å². The van der Waals surface area contributed by atoms with Crippen LogP contribution in [0, 0.1) is 0 Å². The number of alkyl halides is 2. The maximum atomic E-state index is 12.1. The summed E-state index contributed by atoms with van der Waals surface area (Å²) in [5.41, 5.74) is 2.29. The highest BCUT2D eigenvalue weighted by molar-refractivity contribution is 7.14. The molecule has 8 heteroatoms. The lowest BCUT2D eigenvalue weighted by Crippen LogP contribution is -2.14. The van der Waals surface area contributed by atoms with Gasteiger partial charge in [-0.1, -0.05) is 12.1 Å². The molecule has 3 rings (SSSR count). The van der Waals surface area contributed by atoms with Crippen molar-refractivity contribution in [3.63, 3.8) is 0 Å². The van der Waals surface area contributed by atoms with E-state index in [2.05, 4.69) is 20.0 Å². The Labute approximate surface area is 146 Å². The number of ether oxygens (including phenoxy) is 1. The topological polar surface area (TPSA) is 64.1 Å². The highest BCUT2D eigenvalue weighted by Gasteiger charge is 2.10. The van der Waals surface area contributed by atoms with E-state index in [9.17, 15) is 13.6 Å². The third kappa shape index (κ3) is 4.80. The lowest BCUT2D eigenvalue weighted by Gasteiger charge is -2.06. The molecule has 1 amide bonds. The molecule has 0 aliphatic rings. The lowest BCUT2D eigenvalue weighted by atomic mass is 10.1. The van der Waals surface area contributed by atoms with Gasteiger partial charge in [-0.25, -0.2) is 4.98 Å². The molecule has 0 radical (unpaired) electrons. The molecular weight excluding hydrogens is 348 g/mol. The van der Waals surface area contributed by atoms with E-state index in [0.29, 0.717) is 10.7 Å². The molecule has 0 saturated heterocycles. The number of carbonyl (C=O) groups excluding carboxylic acids is 1. The van der Waals surface area contributed by atoms with Crippen molar-refractivity contribution in [1.82, 2.24) is 9.97 Å². The van der Waals surface area contributed by atoms with Gasteiger partial charge in [0.05, 0.1) is 12.1 Å². The number of halogens is 2. The van der Waals surface area contributed by atoms with Gasteiger partial charge in [0.15, 0.2) is 5.13 Å². The molecule has 0 unspecified atom stereocenters. The average molecular weight is 361 g/mol. The van der Waals surface area contributed by atoms with E-state index in [1.54, 1.807) is 24.5 Å². The number of carbonyl (C=O) groups is 1. The number of rotatable bonds is 6. The second-order valence-electron chi connectivity index (χ2n) is 5.03. The smallest absolute Gasteiger partial charge is 0.387 e. The van der Waals surface area contributed by atoms with Crippen molar-refractivity contribution in [2.24, 2.45) is 0 Å². The van der Waals surface area contributed by atoms with Crippen LogP contribution in [0.4, 0.5) is 13.9 Å². The molecule has 128 valence electrons. The van der Waals surface area contributed by atoms with E-state index in [1.807, 2.05) is 17.5 Å². The first kappa shape index (κ1) is 17.0. The minimum atomic E-state index is -2.87. The first-order valence-corrected chi connectivity index (χ1v) is 8.17. The number of hydrogen-bond acceptors (Lipinski definition) is 5. The van der Waals surface area contributed by atoms with Crippen molar-refractivity contribution >= 4 is 22.4 Å². The monoisotopic (exact) mass is 361 g/mol. The molecule has 0 saturated carbocycles. The summed E-state index contributed by atoms with van der Waals surface area (Å²) < 4.78 is 28.5. The van der Waals surface area contributed by atoms with Crippen LogP contribution in [0.25, 0.3) is 11.3 Å². The summed E-state index contributed by atoms with van der Waals surface area (Å²) in [5, 5.41) is 5.05. The van der Waals surface area contributed by atoms with Crippen molar-refractivity contribution < 1.29 is 18.3 Å². The minimum absolute atomic E-state index is 0.0557. The first-order chi connectivity index (χ1) is 12.1. The number of nitrogens with zero attached hydrogens (tertiary/aromatic N) is 2. The van der Waals surface area contributed by atoms with Crippen LogP contribution in [0.5, 0.6) is 5.75 Å². The van der Waals surface area contributed by atoms with Gasteiger partial charge in [0.25, 0.3) is 0 Å². The minimum Gasteiger partial charge on any atom is -0.435 e. The normalized spacial score (nSPS) is 10.7. The molecule has 2 aromatic heterocycles. The summed E-state index contributed by atoms with van der Waals surface area (Å²) in [7, 11) is 0. The Kier molecular flexibility index (Phi) is 5.30. The van der Waals surface area contributed by atoms with Crippen LogP contribution in [0.1, 0.15) is 5.56 Å². The third-order valence-corrected chi connectivity index (χ3v) is 3.98. The molecular formula is C17H13F2N3O2S. The molecule has 0 aliphatic heterocycles.